The Morgan fingerprint density at radius 3 is 3.17 bits per heavy atom. The van der Waals surface area contributed by atoms with E-state index in [1.807, 2.05) is 24.7 Å². The number of rotatable bonds is 2. The van der Waals surface area contributed by atoms with Gasteiger partial charge in [0.25, 0.3) is 0 Å². The van der Waals surface area contributed by atoms with Gasteiger partial charge in [-0.3, -0.25) is 0 Å². The van der Waals surface area contributed by atoms with E-state index < -0.39 is 0 Å². The first-order valence-electron chi connectivity index (χ1n) is 5.92. The lowest BCUT2D eigenvalue weighted by atomic mass is 10.0. The molecule has 1 aliphatic heterocycles. The molecule has 0 saturated carbocycles. The van der Waals surface area contributed by atoms with Crippen molar-refractivity contribution in [2.75, 3.05) is 7.11 Å². The normalized spacial score (nSPS) is 17.2. The maximum Gasteiger partial charge on any atom is 0.125 e. The Kier molecular flexibility index (Phi) is 2.52. The zero-order chi connectivity index (χ0) is 12.5. The molecule has 0 aliphatic carbocycles. The van der Waals surface area contributed by atoms with Gasteiger partial charge >= 0.3 is 0 Å². The Morgan fingerprint density at radius 1 is 1.50 bits per heavy atom. The lowest BCUT2D eigenvalue weighted by molar-refractivity contribution is 0.402. The predicted molar refractivity (Wildman–Crippen MR) is 66.4 cm³/mol. The van der Waals surface area contributed by atoms with Crippen molar-refractivity contribution in [2.24, 2.45) is 0 Å². The molecule has 90 valence electrons. The number of aryl methyl sites for hydroxylation is 1. The highest BCUT2D eigenvalue weighted by Gasteiger charge is 2.25. The second kappa shape index (κ2) is 4.19. The molecule has 0 radical (unpaired) electrons. The van der Waals surface area contributed by atoms with E-state index >= 15 is 0 Å². The molecule has 1 aromatic carbocycles. The number of methoxy groups -OCH3 is 1. The monoisotopic (exact) mass is 239 g/mol. The molecule has 0 N–H and O–H groups in total. The standard InChI is InChI=1S/C14H13N3O/c1-18-14-6-10(7-15)2-4-12(14)13-5-3-11-8-16-9-17(11)13/h2,4,6,8-9,13H,3,5H2,1H3/t13-/m0/s1. The summed E-state index contributed by atoms with van der Waals surface area (Å²) in [5, 5.41) is 8.92. The van der Waals surface area contributed by atoms with Gasteiger partial charge in [-0.05, 0) is 25.0 Å². The van der Waals surface area contributed by atoms with Crippen molar-refractivity contribution in [3.63, 3.8) is 0 Å². The molecule has 1 aliphatic rings. The summed E-state index contributed by atoms with van der Waals surface area (Å²) in [5.41, 5.74) is 3.00. The molecular weight excluding hydrogens is 226 g/mol. The third-order valence-electron chi connectivity index (χ3n) is 3.48. The van der Waals surface area contributed by atoms with Crippen LogP contribution in [0.2, 0.25) is 0 Å². The average Bonchev–Trinajstić information content (AvgIpc) is 3.00. The van der Waals surface area contributed by atoms with Crippen LogP contribution >= 0.6 is 0 Å². The fraction of sp³-hybridized carbons (Fsp3) is 0.286. The summed E-state index contributed by atoms with van der Waals surface area (Å²) < 4.78 is 7.59. The first-order chi connectivity index (χ1) is 8.83. The summed E-state index contributed by atoms with van der Waals surface area (Å²) in [6, 6.07) is 8.02. The van der Waals surface area contributed by atoms with Gasteiger partial charge < -0.3 is 9.30 Å². The second-order valence-corrected chi connectivity index (χ2v) is 4.42. The maximum atomic E-state index is 8.92. The smallest absolute Gasteiger partial charge is 0.125 e. The number of ether oxygens (including phenoxy) is 1. The topological polar surface area (TPSA) is 50.8 Å². The summed E-state index contributed by atoms with van der Waals surface area (Å²) in [6.45, 7) is 0. The number of hydrogen-bond donors (Lipinski definition) is 0. The molecule has 0 fully saturated rings. The van der Waals surface area contributed by atoms with Crippen molar-refractivity contribution in [1.29, 1.82) is 5.26 Å². The number of benzene rings is 1. The Morgan fingerprint density at radius 2 is 2.39 bits per heavy atom. The molecule has 1 atom stereocenters. The molecule has 1 aromatic heterocycles. The molecule has 2 aromatic rings. The van der Waals surface area contributed by atoms with Gasteiger partial charge in [0.15, 0.2) is 0 Å². The molecule has 0 amide bonds. The largest absolute Gasteiger partial charge is 0.496 e. The van der Waals surface area contributed by atoms with Crippen LogP contribution < -0.4 is 4.74 Å². The van der Waals surface area contributed by atoms with Crippen LogP contribution in [0.25, 0.3) is 0 Å². The minimum absolute atomic E-state index is 0.269. The van der Waals surface area contributed by atoms with E-state index in [2.05, 4.69) is 15.6 Å². The minimum atomic E-state index is 0.269. The van der Waals surface area contributed by atoms with Crippen molar-refractivity contribution < 1.29 is 4.74 Å². The van der Waals surface area contributed by atoms with Crippen LogP contribution in [0.1, 0.15) is 29.3 Å². The zero-order valence-corrected chi connectivity index (χ0v) is 10.1. The fourth-order valence-corrected chi connectivity index (χ4v) is 2.59. The van der Waals surface area contributed by atoms with Gasteiger partial charge in [0.1, 0.15) is 5.75 Å². The Hall–Kier alpha value is -2.28. The molecule has 4 heteroatoms. The summed E-state index contributed by atoms with van der Waals surface area (Å²) in [4.78, 5) is 4.18. The second-order valence-electron chi connectivity index (χ2n) is 4.42. The molecule has 0 saturated heterocycles. The highest BCUT2D eigenvalue weighted by atomic mass is 16.5. The Labute approximate surface area is 105 Å². The number of fused-ring (bicyclic) bond motifs is 1. The van der Waals surface area contributed by atoms with Gasteiger partial charge in [-0.25, -0.2) is 4.98 Å². The van der Waals surface area contributed by atoms with Gasteiger partial charge in [-0.1, -0.05) is 6.07 Å². The highest BCUT2D eigenvalue weighted by Crippen LogP contribution is 2.36. The molecule has 18 heavy (non-hydrogen) atoms. The minimum Gasteiger partial charge on any atom is -0.496 e. The summed E-state index contributed by atoms with van der Waals surface area (Å²) in [6.07, 6.45) is 5.87. The SMILES string of the molecule is COc1cc(C#N)ccc1[C@@H]1CCc2cncn21. The summed E-state index contributed by atoms with van der Waals surface area (Å²) in [5.74, 6) is 0.778. The number of aromatic nitrogens is 2. The molecule has 2 heterocycles. The van der Waals surface area contributed by atoms with Crippen molar-refractivity contribution in [2.45, 2.75) is 18.9 Å². The van der Waals surface area contributed by atoms with E-state index in [0.29, 0.717) is 5.56 Å². The van der Waals surface area contributed by atoms with Gasteiger partial charge in [0, 0.05) is 17.5 Å². The van der Waals surface area contributed by atoms with E-state index in [9.17, 15) is 0 Å². The number of nitriles is 1. The number of hydrogen-bond acceptors (Lipinski definition) is 3. The van der Waals surface area contributed by atoms with Crippen molar-refractivity contribution in [1.82, 2.24) is 9.55 Å². The lowest BCUT2D eigenvalue weighted by Crippen LogP contribution is -2.06. The summed E-state index contributed by atoms with van der Waals surface area (Å²) >= 11 is 0. The Bertz CT molecular complexity index is 624. The van der Waals surface area contributed by atoms with E-state index in [-0.39, 0.29) is 6.04 Å². The first-order valence-corrected chi connectivity index (χ1v) is 5.92. The zero-order valence-electron chi connectivity index (χ0n) is 10.1. The van der Waals surface area contributed by atoms with Crippen LogP contribution in [-0.4, -0.2) is 16.7 Å². The molecule has 4 nitrogen and oxygen atoms in total. The van der Waals surface area contributed by atoms with Crippen molar-refractivity contribution in [3.8, 4) is 11.8 Å². The van der Waals surface area contributed by atoms with Crippen LogP contribution in [0.3, 0.4) is 0 Å². The van der Waals surface area contributed by atoms with Gasteiger partial charge in [-0.15, -0.1) is 0 Å². The first kappa shape index (κ1) is 10.8. The van der Waals surface area contributed by atoms with Gasteiger partial charge in [0.05, 0.1) is 31.1 Å². The lowest BCUT2D eigenvalue weighted by Gasteiger charge is -2.17. The van der Waals surface area contributed by atoms with Gasteiger partial charge in [-0.2, -0.15) is 5.26 Å². The van der Waals surface area contributed by atoms with Crippen LogP contribution in [-0.2, 0) is 6.42 Å². The molecule has 0 spiro atoms. The van der Waals surface area contributed by atoms with E-state index in [1.165, 1.54) is 5.69 Å². The molecule has 0 unspecified atom stereocenters. The number of nitrogens with zero attached hydrogens (tertiary/aromatic N) is 3. The molecule has 3 rings (SSSR count). The number of imidazole rings is 1. The fourth-order valence-electron chi connectivity index (χ4n) is 2.59. The van der Waals surface area contributed by atoms with Crippen molar-refractivity contribution >= 4 is 0 Å². The quantitative estimate of drug-likeness (QED) is 0.808. The third kappa shape index (κ3) is 1.56. The Balaban J connectivity index is 2.06. The third-order valence-corrected chi connectivity index (χ3v) is 3.48. The molecular formula is C14H13N3O. The van der Waals surface area contributed by atoms with Crippen LogP contribution in [0.5, 0.6) is 5.75 Å². The maximum absolute atomic E-state index is 8.92. The van der Waals surface area contributed by atoms with E-state index in [1.54, 1.807) is 13.2 Å². The highest BCUT2D eigenvalue weighted by molar-refractivity contribution is 5.45. The average molecular weight is 239 g/mol. The van der Waals surface area contributed by atoms with E-state index in [4.69, 9.17) is 10.00 Å². The van der Waals surface area contributed by atoms with E-state index in [0.717, 1.165) is 24.2 Å². The predicted octanol–water partition coefficient (Wildman–Crippen LogP) is 2.30. The van der Waals surface area contributed by atoms with Crippen molar-refractivity contribution in [3.05, 3.63) is 47.5 Å². The van der Waals surface area contributed by atoms with Crippen LogP contribution in [0.4, 0.5) is 0 Å². The molecule has 0 bridgehead atoms. The van der Waals surface area contributed by atoms with Gasteiger partial charge in [0.2, 0.25) is 0 Å². The van der Waals surface area contributed by atoms with Crippen LogP contribution in [0, 0.1) is 11.3 Å². The van der Waals surface area contributed by atoms with Crippen LogP contribution in [0.15, 0.2) is 30.7 Å². The summed E-state index contributed by atoms with van der Waals surface area (Å²) in [7, 11) is 1.64.